The molecule has 23 heavy (non-hydrogen) atoms. The molecule has 2 N–H and O–H groups in total. The number of carboxylic acids is 1. The van der Waals surface area contributed by atoms with Crippen LogP contribution in [0.15, 0.2) is 36.4 Å². The van der Waals surface area contributed by atoms with Crippen LogP contribution in [0, 0.1) is 6.92 Å². The Kier molecular flexibility index (Phi) is 5.48. The number of ether oxygens (including phenoxy) is 1. The molecule has 1 unspecified atom stereocenters. The van der Waals surface area contributed by atoms with E-state index in [2.05, 4.69) is 10.4 Å². The predicted molar refractivity (Wildman–Crippen MR) is 83.7 cm³/mol. The van der Waals surface area contributed by atoms with Gasteiger partial charge in [0.1, 0.15) is 6.04 Å². The minimum atomic E-state index is -1.10. The van der Waals surface area contributed by atoms with Gasteiger partial charge in [0.05, 0.1) is 5.69 Å². The highest BCUT2D eigenvalue weighted by molar-refractivity contribution is 5.95. The highest BCUT2D eigenvalue weighted by Crippen LogP contribution is 2.12. The Morgan fingerprint density at radius 2 is 2.04 bits per heavy atom. The van der Waals surface area contributed by atoms with Gasteiger partial charge in [0.2, 0.25) is 0 Å². The van der Waals surface area contributed by atoms with Gasteiger partial charge < -0.3 is 15.2 Å². The fourth-order valence-electron chi connectivity index (χ4n) is 2.14. The third-order valence-electron chi connectivity index (χ3n) is 3.33. The van der Waals surface area contributed by atoms with Gasteiger partial charge in [-0.3, -0.25) is 4.79 Å². The van der Waals surface area contributed by atoms with Crippen molar-refractivity contribution in [1.29, 1.82) is 0 Å². The van der Waals surface area contributed by atoms with E-state index in [-0.39, 0.29) is 18.7 Å². The fraction of sp³-hybridized carbons (Fsp3) is 0.312. The van der Waals surface area contributed by atoms with Crippen molar-refractivity contribution in [3.8, 4) is 5.69 Å². The number of aliphatic carboxylic acids is 1. The van der Waals surface area contributed by atoms with Crippen LogP contribution in [0.1, 0.15) is 22.6 Å². The number of aryl methyl sites for hydroxylation is 1. The van der Waals surface area contributed by atoms with E-state index in [0.29, 0.717) is 0 Å². The lowest BCUT2D eigenvalue weighted by Gasteiger charge is -2.12. The topological polar surface area (TPSA) is 93.5 Å². The Bertz CT molecular complexity index is 682. The molecule has 1 amide bonds. The Morgan fingerprint density at radius 1 is 1.35 bits per heavy atom. The zero-order chi connectivity index (χ0) is 16.8. The maximum Gasteiger partial charge on any atom is 0.326 e. The molecule has 1 aromatic heterocycles. The van der Waals surface area contributed by atoms with Gasteiger partial charge in [0.25, 0.3) is 5.91 Å². The quantitative estimate of drug-likeness (QED) is 0.805. The van der Waals surface area contributed by atoms with Gasteiger partial charge in [0, 0.05) is 25.8 Å². The van der Waals surface area contributed by atoms with Crippen LogP contribution in [-0.4, -0.2) is 46.5 Å². The van der Waals surface area contributed by atoms with E-state index < -0.39 is 17.9 Å². The lowest BCUT2D eigenvalue weighted by Crippen LogP contribution is -2.41. The SMILES string of the molecule is COCCC(NC(=O)c1cc(C)n(-c2ccccc2)n1)C(=O)O. The highest BCUT2D eigenvalue weighted by Gasteiger charge is 2.22. The molecule has 2 aromatic rings. The first-order valence-electron chi connectivity index (χ1n) is 7.17. The van der Waals surface area contributed by atoms with Crippen molar-refractivity contribution in [2.24, 2.45) is 0 Å². The number of carboxylic acid groups (broad SMARTS) is 1. The van der Waals surface area contributed by atoms with E-state index in [9.17, 15) is 9.59 Å². The molecule has 122 valence electrons. The van der Waals surface area contributed by atoms with Crippen molar-refractivity contribution < 1.29 is 19.4 Å². The normalized spacial score (nSPS) is 11.9. The van der Waals surface area contributed by atoms with Gasteiger partial charge in [0.15, 0.2) is 5.69 Å². The summed E-state index contributed by atoms with van der Waals surface area (Å²) in [6.07, 6.45) is 0.190. The molecule has 1 atom stereocenters. The third-order valence-corrected chi connectivity index (χ3v) is 3.33. The Balaban J connectivity index is 2.15. The summed E-state index contributed by atoms with van der Waals surface area (Å²) in [4.78, 5) is 23.4. The van der Waals surface area contributed by atoms with Gasteiger partial charge in [-0.25, -0.2) is 9.48 Å². The van der Waals surface area contributed by atoms with Gasteiger partial charge in [-0.15, -0.1) is 0 Å². The van der Waals surface area contributed by atoms with Crippen LogP contribution in [0.25, 0.3) is 5.69 Å². The smallest absolute Gasteiger partial charge is 0.326 e. The maximum absolute atomic E-state index is 12.2. The van der Waals surface area contributed by atoms with Crippen LogP contribution in [0.3, 0.4) is 0 Å². The fourth-order valence-corrected chi connectivity index (χ4v) is 2.14. The molecule has 0 aliphatic heterocycles. The zero-order valence-corrected chi connectivity index (χ0v) is 13.0. The van der Waals surface area contributed by atoms with Crippen LogP contribution in [-0.2, 0) is 9.53 Å². The second-order valence-corrected chi connectivity index (χ2v) is 5.06. The average molecular weight is 317 g/mol. The lowest BCUT2D eigenvalue weighted by molar-refractivity contribution is -0.139. The molecule has 0 saturated heterocycles. The minimum absolute atomic E-state index is 0.176. The standard InChI is InChI=1S/C16H19N3O4/c1-11-10-14(18-19(11)12-6-4-3-5-7-12)15(20)17-13(16(21)22)8-9-23-2/h3-7,10,13H,8-9H2,1-2H3,(H,17,20)(H,21,22). The highest BCUT2D eigenvalue weighted by atomic mass is 16.5. The zero-order valence-electron chi connectivity index (χ0n) is 13.0. The number of para-hydroxylation sites is 1. The molecule has 0 radical (unpaired) electrons. The van der Waals surface area contributed by atoms with E-state index in [1.54, 1.807) is 10.7 Å². The van der Waals surface area contributed by atoms with Crippen LogP contribution in [0.4, 0.5) is 0 Å². The van der Waals surface area contributed by atoms with E-state index >= 15 is 0 Å². The molecule has 1 heterocycles. The summed E-state index contributed by atoms with van der Waals surface area (Å²) in [5.41, 5.74) is 1.79. The Morgan fingerprint density at radius 3 is 2.65 bits per heavy atom. The molecule has 0 saturated carbocycles. The predicted octanol–water partition coefficient (Wildman–Crippen LogP) is 1.40. The number of hydrogen-bond acceptors (Lipinski definition) is 4. The number of hydrogen-bond donors (Lipinski definition) is 2. The third kappa shape index (κ3) is 4.17. The van der Waals surface area contributed by atoms with Crippen LogP contribution in [0.5, 0.6) is 0 Å². The molecule has 7 nitrogen and oxygen atoms in total. The Hall–Kier alpha value is -2.67. The first-order chi connectivity index (χ1) is 11.0. The van der Waals surface area contributed by atoms with Crippen LogP contribution < -0.4 is 5.32 Å². The second-order valence-electron chi connectivity index (χ2n) is 5.06. The summed E-state index contributed by atoms with van der Waals surface area (Å²) < 4.78 is 6.50. The summed E-state index contributed by atoms with van der Waals surface area (Å²) >= 11 is 0. The van der Waals surface area contributed by atoms with Crippen molar-refractivity contribution in [1.82, 2.24) is 15.1 Å². The number of nitrogens with one attached hydrogen (secondary N) is 1. The summed E-state index contributed by atoms with van der Waals surface area (Å²) in [5, 5.41) is 15.9. The van der Waals surface area contributed by atoms with Crippen molar-refractivity contribution in [2.45, 2.75) is 19.4 Å². The number of methoxy groups -OCH3 is 1. The number of carbonyl (C=O) groups excluding carboxylic acids is 1. The average Bonchev–Trinajstić information content (AvgIpc) is 2.93. The summed E-state index contributed by atoms with van der Waals surface area (Å²) in [5.74, 6) is -1.62. The molecule has 2 rings (SSSR count). The first-order valence-corrected chi connectivity index (χ1v) is 7.17. The first kappa shape index (κ1) is 16.7. The number of amides is 1. The maximum atomic E-state index is 12.2. The van der Waals surface area contributed by atoms with Crippen molar-refractivity contribution in [2.75, 3.05) is 13.7 Å². The molecule has 0 aliphatic rings. The molecule has 1 aromatic carbocycles. The summed E-state index contributed by atoms with van der Waals surface area (Å²) in [7, 11) is 1.48. The summed E-state index contributed by atoms with van der Waals surface area (Å²) in [6, 6.07) is 10.0. The molecule has 0 bridgehead atoms. The van der Waals surface area contributed by atoms with Gasteiger partial charge >= 0.3 is 5.97 Å². The van der Waals surface area contributed by atoms with Gasteiger partial charge in [-0.2, -0.15) is 5.10 Å². The molecular formula is C16H19N3O4. The lowest BCUT2D eigenvalue weighted by atomic mass is 10.2. The van der Waals surface area contributed by atoms with Crippen LogP contribution in [0.2, 0.25) is 0 Å². The number of benzene rings is 1. The second kappa shape index (κ2) is 7.55. The molecule has 0 spiro atoms. The molecule has 7 heteroatoms. The largest absolute Gasteiger partial charge is 0.480 e. The monoisotopic (exact) mass is 317 g/mol. The van der Waals surface area contributed by atoms with Crippen molar-refractivity contribution in [3.63, 3.8) is 0 Å². The van der Waals surface area contributed by atoms with E-state index in [4.69, 9.17) is 9.84 Å². The molecule has 0 fully saturated rings. The van der Waals surface area contributed by atoms with Crippen molar-refractivity contribution in [3.05, 3.63) is 47.8 Å². The number of aromatic nitrogens is 2. The number of nitrogens with zero attached hydrogens (tertiary/aromatic N) is 2. The molecule has 0 aliphatic carbocycles. The van der Waals surface area contributed by atoms with E-state index in [1.165, 1.54) is 7.11 Å². The minimum Gasteiger partial charge on any atom is -0.480 e. The van der Waals surface area contributed by atoms with Gasteiger partial charge in [-0.1, -0.05) is 18.2 Å². The number of rotatable bonds is 7. The molecular weight excluding hydrogens is 298 g/mol. The van der Waals surface area contributed by atoms with E-state index in [1.807, 2.05) is 37.3 Å². The van der Waals surface area contributed by atoms with E-state index in [0.717, 1.165) is 11.4 Å². The van der Waals surface area contributed by atoms with Crippen molar-refractivity contribution >= 4 is 11.9 Å². The summed E-state index contributed by atoms with van der Waals surface area (Å²) in [6.45, 7) is 2.07. The van der Waals surface area contributed by atoms with Crippen LogP contribution >= 0.6 is 0 Å². The number of carbonyl (C=O) groups is 2. The Labute approximate surface area is 133 Å². The van der Waals surface area contributed by atoms with Gasteiger partial charge in [-0.05, 0) is 25.1 Å².